The van der Waals surface area contributed by atoms with Gasteiger partial charge in [-0.05, 0) is 17.7 Å². The number of hydrogen-bond acceptors (Lipinski definition) is 4. The molecule has 17 heavy (non-hydrogen) atoms. The average molecular weight is 237 g/mol. The Morgan fingerprint density at radius 2 is 1.94 bits per heavy atom. The summed E-state index contributed by atoms with van der Waals surface area (Å²) < 4.78 is 11.4. The molecule has 4 heteroatoms. The fraction of sp³-hybridized carbons (Fsp3) is 0.538. The summed E-state index contributed by atoms with van der Waals surface area (Å²) in [6.45, 7) is 5.35. The molecule has 94 valence electrons. The molecular formula is C13H19NO3. The van der Waals surface area contributed by atoms with Gasteiger partial charge in [-0.25, -0.2) is 0 Å². The van der Waals surface area contributed by atoms with E-state index in [1.54, 1.807) is 0 Å². The van der Waals surface area contributed by atoms with Crippen LogP contribution in [0, 0.1) is 5.41 Å². The van der Waals surface area contributed by atoms with Crippen molar-refractivity contribution in [2.75, 3.05) is 19.8 Å². The Hall–Kier alpha value is -1.26. The normalized spacial score (nSPS) is 19.5. The number of rotatable bonds is 2. The fourth-order valence-electron chi connectivity index (χ4n) is 1.68. The van der Waals surface area contributed by atoms with E-state index >= 15 is 0 Å². The van der Waals surface area contributed by atoms with Crippen molar-refractivity contribution in [2.24, 2.45) is 11.1 Å². The highest BCUT2D eigenvalue weighted by Gasteiger charge is 2.25. The molecule has 4 nitrogen and oxygen atoms in total. The Kier molecular flexibility index (Phi) is 3.26. The molecule has 0 radical (unpaired) electrons. The molecule has 1 atom stereocenters. The van der Waals surface area contributed by atoms with Gasteiger partial charge >= 0.3 is 0 Å². The van der Waals surface area contributed by atoms with Gasteiger partial charge in [0.15, 0.2) is 11.5 Å². The lowest BCUT2D eigenvalue weighted by atomic mass is 9.97. The van der Waals surface area contributed by atoms with Gasteiger partial charge in [0.05, 0.1) is 25.9 Å². The van der Waals surface area contributed by atoms with Gasteiger partial charge in [0, 0.05) is 5.41 Å². The molecule has 2 rings (SSSR count). The lowest BCUT2D eigenvalue weighted by Gasteiger charge is -2.19. The van der Waals surface area contributed by atoms with E-state index in [9.17, 15) is 0 Å². The first-order chi connectivity index (χ1) is 8.02. The molecule has 0 bridgehead atoms. The van der Waals surface area contributed by atoms with Crippen LogP contribution in [-0.2, 0) is 0 Å². The van der Waals surface area contributed by atoms with E-state index in [4.69, 9.17) is 20.3 Å². The van der Waals surface area contributed by atoms with Crippen LogP contribution in [0.5, 0.6) is 11.5 Å². The van der Waals surface area contributed by atoms with Crippen molar-refractivity contribution in [1.82, 2.24) is 0 Å². The maximum absolute atomic E-state index is 9.03. The first kappa shape index (κ1) is 12.2. The second-order valence-electron chi connectivity index (χ2n) is 5.24. The Bertz CT molecular complexity index is 404. The number of hydrogen-bond donors (Lipinski definition) is 2. The van der Waals surface area contributed by atoms with Crippen LogP contribution in [-0.4, -0.2) is 24.9 Å². The third-order valence-electron chi connectivity index (χ3n) is 2.83. The van der Waals surface area contributed by atoms with Crippen LogP contribution in [0.3, 0.4) is 0 Å². The minimum absolute atomic E-state index is 0.00171. The largest absolute Gasteiger partial charge is 0.489 e. The van der Waals surface area contributed by atoms with E-state index in [1.807, 2.05) is 18.2 Å². The van der Waals surface area contributed by atoms with Crippen LogP contribution in [0.4, 0.5) is 0 Å². The standard InChI is InChI=1S/C13H19NO3/c1-13(2)7-16-11-4-3-9(10(14)6-15)5-12(11)17-8-13/h3-5,10,15H,6-8,14H2,1-2H3. The van der Waals surface area contributed by atoms with Gasteiger partial charge < -0.3 is 20.3 Å². The Labute approximate surface area is 101 Å². The highest BCUT2D eigenvalue weighted by atomic mass is 16.5. The molecule has 1 aromatic rings. The molecule has 1 aromatic carbocycles. The molecule has 1 unspecified atom stereocenters. The minimum Gasteiger partial charge on any atom is -0.489 e. The van der Waals surface area contributed by atoms with Gasteiger partial charge in [0.25, 0.3) is 0 Å². The van der Waals surface area contributed by atoms with E-state index in [0.717, 1.165) is 11.3 Å². The van der Waals surface area contributed by atoms with Crippen molar-refractivity contribution in [3.8, 4) is 11.5 Å². The van der Waals surface area contributed by atoms with Crippen molar-refractivity contribution in [2.45, 2.75) is 19.9 Å². The second kappa shape index (κ2) is 4.55. The van der Waals surface area contributed by atoms with Crippen molar-refractivity contribution >= 4 is 0 Å². The monoisotopic (exact) mass is 237 g/mol. The van der Waals surface area contributed by atoms with Crippen molar-refractivity contribution in [1.29, 1.82) is 0 Å². The van der Waals surface area contributed by atoms with Crippen molar-refractivity contribution in [3.63, 3.8) is 0 Å². The van der Waals surface area contributed by atoms with Gasteiger partial charge in [-0.2, -0.15) is 0 Å². The summed E-state index contributed by atoms with van der Waals surface area (Å²) in [7, 11) is 0. The van der Waals surface area contributed by atoms with Gasteiger partial charge in [0.1, 0.15) is 0 Å². The Morgan fingerprint density at radius 1 is 1.29 bits per heavy atom. The van der Waals surface area contributed by atoms with Gasteiger partial charge in [-0.15, -0.1) is 0 Å². The molecule has 0 spiro atoms. The third-order valence-corrected chi connectivity index (χ3v) is 2.83. The molecule has 0 amide bonds. The summed E-state index contributed by atoms with van der Waals surface area (Å²) in [5.41, 5.74) is 6.63. The van der Waals surface area contributed by atoms with E-state index in [0.29, 0.717) is 19.0 Å². The lowest BCUT2D eigenvalue weighted by molar-refractivity contribution is 0.140. The summed E-state index contributed by atoms with van der Waals surface area (Å²) >= 11 is 0. The van der Waals surface area contributed by atoms with Crippen molar-refractivity contribution < 1.29 is 14.6 Å². The third kappa shape index (κ3) is 2.70. The first-order valence-corrected chi connectivity index (χ1v) is 5.78. The lowest BCUT2D eigenvalue weighted by Crippen LogP contribution is -2.26. The molecular weight excluding hydrogens is 218 g/mol. The topological polar surface area (TPSA) is 64.7 Å². The Morgan fingerprint density at radius 3 is 2.59 bits per heavy atom. The SMILES string of the molecule is CC1(C)COc2ccc(C(N)CO)cc2OC1. The minimum atomic E-state index is -0.375. The summed E-state index contributed by atoms with van der Waals surface area (Å²) in [4.78, 5) is 0. The fourth-order valence-corrected chi connectivity index (χ4v) is 1.68. The maximum atomic E-state index is 9.03. The van der Waals surface area contributed by atoms with E-state index < -0.39 is 0 Å². The summed E-state index contributed by atoms with van der Waals surface area (Å²) in [6.07, 6.45) is 0. The summed E-state index contributed by atoms with van der Waals surface area (Å²) in [5.74, 6) is 1.45. The van der Waals surface area contributed by atoms with E-state index in [-0.39, 0.29) is 18.1 Å². The molecule has 1 aliphatic heterocycles. The predicted octanol–water partition coefficient (Wildman–Crippen LogP) is 1.48. The van der Waals surface area contributed by atoms with E-state index in [2.05, 4.69) is 13.8 Å². The van der Waals surface area contributed by atoms with Gasteiger partial charge in [0.2, 0.25) is 0 Å². The summed E-state index contributed by atoms with van der Waals surface area (Å²) in [6, 6.07) is 5.18. The molecule has 1 heterocycles. The number of benzene rings is 1. The molecule has 0 aliphatic carbocycles. The second-order valence-corrected chi connectivity index (χ2v) is 5.24. The smallest absolute Gasteiger partial charge is 0.161 e. The highest BCUT2D eigenvalue weighted by molar-refractivity contribution is 5.44. The van der Waals surface area contributed by atoms with Crippen LogP contribution in [0.2, 0.25) is 0 Å². The van der Waals surface area contributed by atoms with Gasteiger partial charge in [-0.3, -0.25) is 0 Å². The molecule has 3 N–H and O–H groups in total. The van der Waals surface area contributed by atoms with Crippen LogP contribution >= 0.6 is 0 Å². The number of aliphatic hydroxyl groups is 1. The number of fused-ring (bicyclic) bond motifs is 1. The zero-order valence-corrected chi connectivity index (χ0v) is 10.3. The van der Waals surface area contributed by atoms with Crippen LogP contribution in [0.15, 0.2) is 18.2 Å². The van der Waals surface area contributed by atoms with Crippen LogP contribution in [0.25, 0.3) is 0 Å². The van der Waals surface area contributed by atoms with Crippen molar-refractivity contribution in [3.05, 3.63) is 23.8 Å². The summed E-state index contributed by atoms with van der Waals surface area (Å²) in [5, 5.41) is 9.03. The van der Waals surface area contributed by atoms with E-state index in [1.165, 1.54) is 0 Å². The molecule has 0 aromatic heterocycles. The molecule has 0 fully saturated rings. The number of ether oxygens (including phenoxy) is 2. The highest BCUT2D eigenvalue weighted by Crippen LogP contribution is 2.35. The molecule has 1 aliphatic rings. The quantitative estimate of drug-likeness (QED) is 0.817. The number of aliphatic hydroxyl groups excluding tert-OH is 1. The Balaban J connectivity index is 2.26. The van der Waals surface area contributed by atoms with Gasteiger partial charge in [-0.1, -0.05) is 19.9 Å². The predicted molar refractivity (Wildman–Crippen MR) is 65.2 cm³/mol. The maximum Gasteiger partial charge on any atom is 0.161 e. The zero-order chi connectivity index (χ0) is 12.5. The number of nitrogens with two attached hydrogens (primary N) is 1. The first-order valence-electron chi connectivity index (χ1n) is 5.78. The molecule has 0 saturated heterocycles. The molecule has 0 saturated carbocycles. The van der Waals surface area contributed by atoms with Crippen LogP contribution in [0.1, 0.15) is 25.5 Å². The average Bonchev–Trinajstić information content (AvgIpc) is 2.47. The zero-order valence-electron chi connectivity index (χ0n) is 10.3. The van der Waals surface area contributed by atoms with Crippen LogP contribution < -0.4 is 15.2 Å².